The number of H-pyrrole nitrogens is 1. The van der Waals surface area contributed by atoms with Gasteiger partial charge in [-0.05, 0) is 0 Å². The predicted molar refractivity (Wildman–Crippen MR) is 72.6 cm³/mol. The first kappa shape index (κ1) is 12.8. The Labute approximate surface area is 115 Å². The highest BCUT2D eigenvalue weighted by atomic mass is 16.4. The Kier molecular flexibility index (Phi) is 3.46. The number of fused-ring (bicyclic) bond motifs is 1. The van der Waals surface area contributed by atoms with Crippen LogP contribution >= 0.6 is 0 Å². The van der Waals surface area contributed by atoms with Crippen molar-refractivity contribution in [2.24, 2.45) is 0 Å². The molecule has 0 amide bonds. The number of hydrogen-bond acceptors (Lipinski definition) is 6. The van der Waals surface area contributed by atoms with E-state index >= 15 is 0 Å². The maximum absolute atomic E-state index is 10.6. The second-order valence-electron chi connectivity index (χ2n) is 4.77. The summed E-state index contributed by atoms with van der Waals surface area (Å²) in [5, 5.41) is 8.70. The molecule has 3 heterocycles. The van der Waals surface area contributed by atoms with Crippen LogP contribution in [0.1, 0.15) is 6.42 Å². The molecule has 0 saturated carbocycles. The minimum Gasteiger partial charge on any atom is -0.481 e. The van der Waals surface area contributed by atoms with Crippen LogP contribution in [0, 0.1) is 0 Å². The van der Waals surface area contributed by atoms with Gasteiger partial charge in [0.05, 0.1) is 12.7 Å². The summed E-state index contributed by atoms with van der Waals surface area (Å²) in [6.45, 7) is 3.93. The highest BCUT2D eigenvalue weighted by Crippen LogP contribution is 2.20. The van der Waals surface area contributed by atoms with Crippen molar-refractivity contribution in [3.63, 3.8) is 0 Å². The lowest BCUT2D eigenvalue weighted by molar-refractivity contribution is -0.137. The minimum atomic E-state index is -0.748. The zero-order valence-corrected chi connectivity index (χ0v) is 11.0. The van der Waals surface area contributed by atoms with Crippen molar-refractivity contribution in [3.05, 3.63) is 12.7 Å². The van der Waals surface area contributed by atoms with Crippen molar-refractivity contribution in [3.8, 4) is 0 Å². The summed E-state index contributed by atoms with van der Waals surface area (Å²) < 4.78 is 0. The van der Waals surface area contributed by atoms with Gasteiger partial charge in [-0.2, -0.15) is 0 Å². The molecule has 3 rings (SSSR count). The van der Waals surface area contributed by atoms with E-state index in [1.54, 1.807) is 6.33 Å². The van der Waals surface area contributed by atoms with E-state index in [1.807, 2.05) is 0 Å². The molecule has 20 heavy (non-hydrogen) atoms. The molecule has 0 unspecified atom stereocenters. The molecule has 0 aliphatic carbocycles. The van der Waals surface area contributed by atoms with E-state index < -0.39 is 5.97 Å². The van der Waals surface area contributed by atoms with Crippen molar-refractivity contribution in [1.29, 1.82) is 0 Å². The molecule has 1 fully saturated rings. The molecule has 8 nitrogen and oxygen atoms in total. The zero-order chi connectivity index (χ0) is 13.9. The summed E-state index contributed by atoms with van der Waals surface area (Å²) in [7, 11) is 0. The topological polar surface area (TPSA) is 98.2 Å². The minimum absolute atomic E-state index is 0.193. The first-order valence-electron chi connectivity index (χ1n) is 6.57. The van der Waals surface area contributed by atoms with E-state index in [4.69, 9.17) is 5.11 Å². The predicted octanol–water partition coefficient (Wildman–Crippen LogP) is -0.0504. The number of aromatic amines is 1. The number of rotatable bonds is 4. The smallest absolute Gasteiger partial charge is 0.304 e. The summed E-state index contributed by atoms with van der Waals surface area (Å²) >= 11 is 0. The molecule has 8 heteroatoms. The van der Waals surface area contributed by atoms with E-state index in [2.05, 4.69) is 29.7 Å². The van der Waals surface area contributed by atoms with Crippen LogP contribution < -0.4 is 4.90 Å². The van der Waals surface area contributed by atoms with Crippen molar-refractivity contribution in [2.75, 3.05) is 37.6 Å². The summed E-state index contributed by atoms with van der Waals surface area (Å²) in [6, 6.07) is 0. The number of anilines is 1. The van der Waals surface area contributed by atoms with Gasteiger partial charge >= 0.3 is 5.97 Å². The molecule has 0 atom stereocenters. The molecule has 1 aliphatic rings. The van der Waals surface area contributed by atoms with Crippen LogP contribution in [0.2, 0.25) is 0 Å². The Morgan fingerprint density at radius 1 is 1.25 bits per heavy atom. The number of piperazine rings is 1. The molecule has 0 spiro atoms. The maximum atomic E-state index is 10.6. The number of hydrogen-bond donors (Lipinski definition) is 2. The van der Waals surface area contributed by atoms with Crippen molar-refractivity contribution < 1.29 is 9.90 Å². The standard InChI is InChI=1S/C12H16N6O2/c19-9(20)1-2-17-3-5-18(6-4-17)12-10-11(14-7-13-10)15-8-16-12/h7-8H,1-6H2,(H,19,20)(H,13,14,15,16). The lowest BCUT2D eigenvalue weighted by Crippen LogP contribution is -2.47. The van der Waals surface area contributed by atoms with Gasteiger partial charge in [0, 0.05) is 32.7 Å². The average Bonchev–Trinajstić information content (AvgIpc) is 2.94. The fraction of sp³-hybridized carbons (Fsp3) is 0.500. The quantitative estimate of drug-likeness (QED) is 0.807. The number of nitrogens with zero attached hydrogens (tertiary/aromatic N) is 5. The summed E-state index contributed by atoms with van der Waals surface area (Å²) in [5.74, 6) is 0.118. The second-order valence-corrected chi connectivity index (χ2v) is 4.77. The fourth-order valence-corrected chi connectivity index (χ4v) is 2.43. The summed E-state index contributed by atoms with van der Waals surface area (Å²) in [6.07, 6.45) is 3.33. The molecule has 1 aliphatic heterocycles. The molecular weight excluding hydrogens is 260 g/mol. The number of aliphatic carboxylic acids is 1. The normalized spacial score (nSPS) is 16.7. The molecule has 2 N–H and O–H groups in total. The average molecular weight is 276 g/mol. The van der Waals surface area contributed by atoms with Crippen LogP contribution in [0.25, 0.3) is 11.2 Å². The Hall–Kier alpha value is -2.22. The number of carbonyl (C=O) groups is 1. The highest BCUT2D eigenvalue weighted by molar-refractivity contribution is 5.82. The van der Waals surface area contributed by atoms with Gasteiger partial charge in [-0.15, -0.1) is 0 Å². The molecule has 2 aromatic rings. The fourth-order valence-electron chi connectivity index (χ4n) is 2.43. The lowest BCUT2D eigenvalue weighted by atomic mass is 10.3. The van der Waals surface area contributed by atoms with Crippen molar-refractivity contribution in [2.45, 2.75) is 6.42 Å². The monoisotopic (exact) mass is 276 g/mol. The lowest BCUT2D eigenvalue weighted by Gasteiger charge is -2.35. The third-order valence-electron chi connectivity index (χ3n) is 3.52. The van der Waals surface area contributed by atoms with E-state index in [-0.39, 0.29) is 6.42 Å². The van der Waals surface area contributed by atoms with Crippen LogP contribution in [0.15, 0.2) is 12.7 Å². The van der Waals surface area contributed by atoms with E-state index in [1.165, 1.54) is 6.33 Å². The third kappa shape index (κ3) is 2.55. The Bertz CT molecular complexity index is 605. The summed E-state index contributed by atoms with van der Waals surface area (Å²) in [4.78, 5) is 30.6. The van der Waals surface area contributed by atoms with Gasteiger partial charge in [0.15, 0.2) is 11.5 Å². The molecule has 0 radical (unpaired) electrons. The van der Waals surface area contributed by atoms with Crippen LogP contribution in [-0.2, 0) is 4.79 Å². The van der Waals surface area contributed by atoms with Crippen LogP contribution in [0.5, 0.6) is 0 Å². The number of imidazole rings is 1. The zero-order valence-electron chi connectivity index (χ0n) is 11.0. The first-order valence-corrected chi connectivity index (χ1v) is 6.57. The van der Waals surface area contributed by atoms with Gasteiger partial charge in [-0.3, -0.25) is 9.69 Å². The first-order chi connectivity index (χ1) is 9.74. The van der Waals surface area contributed by atoms with Crippen LogP contribution in [0.4, 0.5) is 5.82 Å². The largest absolute Gasteiger partial charge is 0.481 e. The van der Waals surface area contributed by atoms with Crippen molar-refractivity contribution in [1.82, 2.24) is 24.8 Å². The van der Waals surface area contributed by atoms with Crippen molar-refractivity contribution >= 4 is 23.0 Å². The number of carboxylic acids is 1. The molecule has 0 aromatic carbocycles. The molecular formula is C12H16N6O2. The Balaban J connectivity index is 1.66. The van der Waals surface area contributed by atoms with Gasteiger partial charge in [0.2, 0.25) is 0 Å². The van der Waals surface area contributed by atoms with E-state index in [9.17, 15) is 4.79 Å². The molecule has 0 bridgehead atoms. The highest BCUT2D eigenvalue weighted by Gasteiger charge is 2.20. The Morgan fingerprint density at radius 2 is 2.05 bits per heavy atom. The Morgan fingerprint density at radius 3 is 2.80 bits per heavy atom. The second kappa shape index (κ2) is 5.41. The van der Waals surface area contributed by atoms with Gasteiger partial charge in [-0.25, -0.2) is 15.0 Å². The van der Waals surface area contributed by atoms with Gasteiger partial charge in [0.1, 0.15) is 11.8 Å². The van der Waals surface area contributed by atoms with Gasteiger partial charge in [-0.1, -0.05) is 0 Å². The maximum Gasteiger partial charge on any atom is 0.304 e. The molecule has 2 aromatic heterocycles. The van der Waals surface area contributed by atoms with Crippen LogP contribution in [-0.4, -0.2) is 68.6 Å². The molecule has 106 valence electrons. The SMILES string of the molecule is O=C(O)CCN1CCN(c2ncnc3nc[nH]c23)CC1. The van der Waals surface area contributed by atoms with Gasteiger partial charge < -0.3 is 15.0 Å². The van der Waals surface area contributed by atoms with Gasteiger partial charge in [0.25, 0.3) is 0 Å². The number of nitrogens with one attached hydrogen (secondary N) is 1. The number of carboxylic acid groups (broad SMARTS) is 1. The molecule has 1 saturated heterocycles. The van der Waals surface area contributed by atoms with E-state index in [0.717, 1.165) is 37.5 Å². The number of aromatic nitrogens is 4. The summed E-state index contributed by atoms with van der Waals surface area (Å²) in [5.41, 5.74) is 1.52. The van der Waals surface area contributed by atoms with Crippen LogP contribution in [0.3, 0.4) is 0 Å². The van der Waals surface area contributed by atoms with E-state index in [0.29, 0.717) is 12.2 Å². The third-order valence-corrected chi connectivity index (χ3v) is 3.52.